The summed E-state index contributed by atoms with van der Waals surface area (Å²) in [5.74, 6) is -0.480. The molecule has 106 valence electrons. The molecule has 0 aromatic heterocycles. The summed E-state index contributed by atoms with van der Waals surface area (Å²) >= 11 is 0. The smallest absolute Gasteiger partial charge is 0.463 e. The van der Waals surface area contributed by atoms with Crippen LogP contribution in [-0.4, -0.2) is 30.7 Å². The molecule has 0 fully saturated rings. The zero-order valence-corrected chi connectivity index (χ0v) is 11.6. The van der Waals surface area contributed by atoms with E-state index in [9.17, 15) is 14.3 Å². The summed E-state index contributed by atoms with van der Waals surface area (Å²) in [6, 6.07) is 0. The zero-order valence-electron chi connectivity index (χ0n) is 10.7. The van der Waals surface area contributed by atoms with Crippen LogP contribution in [0.4, 0.5) is 0 Å². The van der Waals surface area contributed by atoms with Gasteiger partial charge < -0.3 is 9.63 Å². The molecule has 18 heavy (non-hydrogen) atoms. The average Bonchev–Trinajstić information content (AvgIpc) is 2.33. The fourth-order valence-corrected chi connectivity index (χ4v) is 1.77. The molecule has 0 heterocycles. The first kappa shape index (κ1) is 17.3. The summed E-state index contributed by atoms with van der Waals surface area (Å²) in [6.07, 6.45) is 3.74. The van der Waals surface area contributed by atoms with Crippen molar-refractivity contribution < 1.29 is 28.0 Å². The summed E-state index contributed by atoms with van der Waals surface area (Å²) in [7, 11) is -3.92. The van der Waals surface area contributed by atoms with Gasteiger partial charge in [-0.2, -0.15) is 0 Å². The van der Waals surface area contributed by atoms with Crippen LogP contribution < -0.4 is 0 Å². The Balaban J connectivity index is 3.49. The van der Waals surface area contributed by atoms with Gasteiger partial charge in [-0.15, -0.1) is 0 Å². The van der Waals surface area contributed by atoms with E-state index in [1.54, 1.807) is 0 Å². The summed E-state index contributed by atoms with van der Waals surface area (Å²) in [4.78, 5) is 19.9. The molecule has 1 unspecified atom stereocenters. The van der Waals surface area contributed by atoms with Gasteiger partial charge in [-0.25, -0.2) is 9.36 Å². The number of carbonyl (C=O) groups is 1. The molecule has 0 spiro atoms. The van der Waals surface area contributed by atoms with Crippen molar-refractivity contribution in [2.75, 3.05) is 19.8 Å². The van der Waals surface area contributed by atoms with E-state index in [2.05, 4.69) is 6.58 Å². The Morgan fingerprint density at radius 2 is 1.78 bits per heavy atom. The monoisotopic (exact) mass is 280 g/mol. The zero-order chi connectivity index (χ0) is 13.9. The molecule has 1 N–H and O–H groups in total. The third-order valence-corrected chi connectivity index (χ3v) is 2.97. The molecule has 1 atom stereocenters. The van der Waals surface area contributed by atoms with Crippen LogP contribution in [0.5, 0.6) is 0 Å². The summed E-state index contributed by atoms with van der Waals surface area (Å²) in [5, 5.41) is 0. The van der Waals surface area contributed by atoms with Crippen molar-refractivity contribution in [1.29, 1.82) is 0 Å². The number of rotatable bonds is 11. The molecule has 7 heteroatoms. The number of hydrogen-bond donors (Lipinski definition) is 1. The number of unbranched alkanes of at least 4 members (excludes halogenated alkanes) is 2. The van der Waals surface area contributed by atoms with Crippen LogP contribution in [0.2, 0.25) is 0 Å². The van der Waals surface area contributed by atoms with Crippen LogP contribution in [0, 0.1) is 0 Å². The third-order valence-electron chi connectivity index (χ3n) is 1.96. The number of phosphoric ester groups is 1. The minimum Gasteiger partial charge on any atom is -0.463 e. The molecule has 6 nitrogen and oxygen atoms in total. The first-order valence-electron chi connectivity index (χ1n) is 5.93. The van der Waals surface area contributed by atoms with Gasteiger partial charge in [0.05, 0.1) is 19.8 Å². The van der Waals surface area contributed by atoms with E-state index in [-0.39, 0.29) is 19.8 Å². The first-order valence-corrected chi connectivity index (χ1v) is 7.42. The van der Waals surface area contributed by atoms with E-state index >= 15 is 0 Å². The second kappa shape index (κ2) is 10.3. The van der Waals surface area contributed by atoms with Crippen molar-refractivity contribution in [2.24, 2.45) is 0 Å². The number of hydrogen-bond acceptors (Lipinski definition) is 5. The Morgan fingerprint density at radius 1 is 1.22 bits per heavy atom. The lowest BCUT2D eigenvalue weighted by Crippen LogP contribution is -2.03. The lowest BCUT2D eigenvalue weighted by molar-refractivity contribution is -0.137. The van der Waals surface area contributed by atoms with Crippen molar-refractivity contribution >= 4 is 13.8 Å². The maximum Gasteiger partial charge on any atom is 0.472 e. The van der Waals surface area contributed by atoms with E-state index in [1.807, 2.05) is 6.92 Å². The standard InChI is InChI=1S/C11H21O6P/c1-3-5-9-16-18(13,14)17-10-7-6-8-15-11(12)4-2/h4H,2-3,5-10H2,1H3,(H,13,14). The molecule has 0 aromatic rings. The van der Waals surface area contributed by atoms with Crippen LogP contribution in [-0.2, 0) is 23.1 Å². The van der Waals surface area contributed by atoms with Gasteiger partial charge in [-0.1, -0.05) is 19.9 Å². The van der Waals surface area contributed by atoms with Crippen LogP contribution >= 0.6 is 7.82 Å². The van der Waals surface area contributed by atoms with Crippen molar-refractivity contribution in [2.45, 2.75) is 32.6 Å². The normalized spacial score (nSPS) is 13.9. The molecule has 0 radical (unpaired) electrons. The summed E-state index contributed by atoms with van der Waals surface area (Å²) in [6.45, 7) is 5.75. The summed E-state index contributed by atoms with van der Waals surface area (Å²) in [5.41, 5.74) is 0. The fourth-order valence-electron chi connectivity index (χ4n) is 0.977. The van der Waals surface area contributed by atoms with Gasteiger partial charge in [0.2, 0.25) is 0 Å². The molecule has 0 bridgehead atoms. The fraction of sp³-hybridized carbons (Fsp3) is 0.727. The van der Waals surface area contributed by atoms with Crippen LogP contribution in [0.25, 0.3) is 0 Å². The van der Waals surface area contributed by atoms with Crippen molar-refractivity contribution in [3.8, 4) is 0 Å². The van der Waals surface area contributed by atoms with Crippen LogP contribution in [0.15, 0.2) is 12.7 Å². The summed E-state index contributed by atoms with van der Waals surface area (Å²) < 4.78 is 25.5. The second-order valence-electron chi connectivity index (χ2n) is 3.57. The molecule has 0 rings (SSSR count). The topological polar surface area (TPSA) is 82.1 Å². The van der Waals surface area contributed by atoms with E-state index in [4.69, 9.17) is 13.8 Å². The molecule has 0 saturated carbocycles. The molecule has 0 aromatic carbocycles. The Labute approximate surface area is 108 Å². The molecule has 0 aliphatic rings. The third kappa shape index (κ3) is 10.5. The predicted octanol–water partition coefficient (Wildman–Crippen LogP) is 2.43. The molecular weight excluding hydrogens is 259 g/mol. The number of carbonyl (C=O) groups excluding carboxylic acids is 1. The largest absolute Gasteiger partial charge is 0.472 e. The number of phosphoric acid groups is 1. The molecule has 0 aliphatic heterocycles. The minimum atomic E-state index is -3.92. The highest BCUT2D eigenvalue weighted by Gasteiger charge is 2.19. The lowest BCUT2D eigenvalue weighted by atomic mass is 10.3. The molecule has 0 amide bonds. The maximum absolute atomic E-state index is 11.3. The van der Waals surface area contributed by atoms with Crippen molar-refractivity contribution in [3.05, 3.63) is 12.7 Å². The second-order valence-corrected chi connectivity index (χ2v) is 5.02. The van der Waals surface area contributed by atoms with Crippen LogP contribution in [0.3, 0.4) is 0 Å². The van der Waals surface area contributed by atoms with Gasteiger partial charge in [0.25, 0.3) is 0 Å². The van der Waals surface area contributed by atoms with Gasteiger partial charge in [0.1, 0.15) is 0 Å². The van der Waals surface area contributed by atoms with E-state index in [0.29, 0.717) is 19.3 Å². The lowest BCUT2D eigenvalue weighted by Gasteiger charge is -2.11. The van der Waals surface area contributed by atoms with Gasteiger partial charge in [-0.05, 0) is 19.3 Å². The van der Waals surface area contributed by atoms with Gasteiger partial charge in [0.15, 0.2) is 0 Å². The van der Waals surface area contributed by atoms with E-state index < -0.39 is 13.8 Å². The minimum absolute atomic E-state index is 0.0888. The Hall–Kier alpha value is -0.680. The quantitative estimate of drug-likeness (QED) is 0.271. The molecular formula is C11H21O6P. The molecule has 0 saturated heterocycles. The first-order chi connectivity index (χ1) is 8.52. The van der Waals surface area contributed by atoms with Crippen molar-refractivity contribution in [3.63, 3.8) is 0 Å². The average molecular weight is 280 g/mol. The molecule has 0 aliphatic carbocycles. The highest BCUT2D eigenvalue weighted by Crippen LogP contribution is 2.43. The SMILES string of the molecule is C=CC(=O)OCCCCOP(=O)(O)OCCCC. The number of esters is 1. The Bertz CT molecular complexity index is 291. The highest BCUT2D eigenvalue weighted by molar-refractivity contribution is 7.47. The Morgan fingerprint density at radius 3 is 2.33 bits per heavy atom. The predicted molar refractivity (Wildman–Crippen MR) is 67.0 cm³/mol. The van der Waals surface area contributed by atoms with E-state index in [0.717, 1.165) is 12.5 Å². The van der Waals surface area contributed by atoms with Crippen LogP contribution in [0.1, 0.15) is 32.6 Å². The highest BCUT2D eigenvalue weighted by atomic mass is 31.2. The van der Waals surface area contributed by atoms with E-state index in [1.165, 1.54) is 0 Å². The van der Waals surface area contributed by atoms with Gasteiger partial charge in [0, 0.05) is 6.08 Å². The Kier molecular flexibility index (Phi) is 9.87. The maximum atomic E-state index is 11.3. The number of ether oxygens (including phenoxy) is 1. The van der Waals surface area contributed by atoms with Crippen molar-refractivity contribution in [1.82, 2.24) is 0 Å². The van der Waals surface area contributed by atoms with Gasteiger partial charge >= 0.3 is 13.8 Å². The van der Waals surface area contributed by atoms with Gasteiger partial charge in [-0.3, -0.25) is 9.05 Å².